The zero-order valence-electron chi connectivity index (χ0n) is 10.9. The van der Waals surface area contributed by atoms with E-state index >= 15 is 0 Å². The smallest absolute Gasteiger partial charge is 0.297 e. The second kappa shape index (κ2) is 5.28. The van der Waals surface area contributed by atoms with Crippen LogP contribution in [-0.4, -0.2) is 37.3 Å². The maximum atomic E-state index is 5.60. The van der Waals surface area contributed by atoms with E-state index < -0.39 is 0 Å². The maximum Gasteiger partial charge on any atom is 0.297 e. The third kappa shape index (κ3) is 3.03. The van der Waals surface area contributed by atoms with Gasteiger partial charge in [-0.2, -0.15) is 4.98 Å². The summed E-state index contributed by atoms with van der Waals surface area (Å²) in [5.74, 6) is 0. The second-order valence-electron chi connectivity index (χ2n) is 5.19. The van der Waals surface area contributed by atoms with Crippen molar-refractivity contribution < 1.29 is 9.15 Å². The molecule has 0 unspecified atom stereocenters. The average Bonchev–Trinajstić information content (AvgIpc) is 3.28. The van der Waals surface area contributed by atoms with E-state index in [0.29, 0.717) is 18.7 Å². The summed E-state index contributed by atoms with van der Waals surface area (Å²) in [4.78, 5) is 6.79. The number of nitrogens with one attached hydrogen (secondary N) is 1. The first-order valence-corrected chi connectivity index (χ1v) is 6.80. The summed E-state index contributed by atoms with van der Waals surface area (Å²) >= 11 is 0. The van der Waals surface area contributed by atoms with Crippen LogP contribution < -0.4 is 10.2 Å². The molecule has 0 atom stereocenters. The van der Waals surface area contributed by atoms with Crippen LogP contribution in [0.1, 0.15) is 31.4 Å². The summed E-state index contributed by atoms with van der Waals surface area (Å²) in [6, 6.07) is 2.06. The Morgan fingerprint density at radius 3 is 2.94 bits per heavy atom. The Hall–Kier alpha value is -1.07. The van der Waals surface area contributed by atoms with Gasteiger partial charge in [-0.05, 0) is 25.7 Å². The Kier molecular flexibility index (Phi) is 3.52. The minimum atomic E-state index is 0.600. The lowest BCUT2D eigenvalue weighted by atomic mass is 10.4. The van der Waals surface area contributed by atoms with Crippen molar-refractivity contribution in [3.05, 3.63) is 12.0 Å². The van der Waals surface area contributed by atoms with E-state index in [-0.39, 0.29) is 0 Å². The molecule has 0 saturated heterocycles. The number of nitrogens with zero attached hydrogens (tertiary/aromatic N) is 2. The Bertz CT molecular complexity index is 385. The van der Waals surface area contributed by atoms with Crippen LogP contribution in [0.4, 0.5) is 6.01 Å². The number of hydrogen-bond donors (Lipinski definition) is 1. The molecule has 1 N–H and O–H groups in total. The van der Waals surface area contributed by atoms with Gasteiger partial charge < -0.3 is 19.4 Å². The Morgan fingerprint density at radius 1 is 1.44 bits per heavy atom. The number of aromatic nitrogens is 1. The molecule has 100 valence electrons. The van der Waals surface area contributed by atoms with Crippen LogP contribution in [-0.2, 0) is 11.3 Å². The number of oxazole rings is 1. The summed E-state index contributed by atoms with van der Waals surface area (Å²) in [7, 11) is 1.73. The van der Waals surface area contributed by atoms with Crippen molar-refractivity contribution in [2.24, 2.45) is 0 Å². The molecule has 0 radical (unpaired) electrons. The highest BCUT2D eigenvalue weighted by molar-refractivity contribution is 5.31. The Labute approximate surface area is 108 Å². The topological polar surface area (TPSA) is 50.5 Å². The lowest BCUT2D eigenvalue weighted by molar-refractivity contribution is 0.203. The van der Waals surface area contributed by atoms with Gasteiger partial charge in [0.2, 0.25) is 0 Å². The number of methoxy groups -OCH3 is 1. The Morgan fingerprint density at radius 2 is 2.28 bits per heavy atom. The number of rotatable bonds is 8. The van der Waals surface area contributed by atoms with Gasteiger partial charge in [-0.1, -0.05) is 0 Å². The molecular formula is C13H21N3O2. The zero-order valence-corrected chi connectivity index (χ0v) is 10.9. The van der Waals surface area contributed by atoms with E-state index in [1.807, 2.05) is 0 Å². The van der Waals surface area contributed by atoms with Crippen LogP contribution >= 0.6 is 0 Å². The molecule has 2 fully saturated rings. The molecule has 1 aromatic heterocycles. The van der Waals surface area contributed by atoms with Gasteiger partial charge in [0.1, 0.15) is 6.26 Å². The molecule has 0 amide bonds. The molecule has 1 aromatic rings. The maximum absolute atomic E-state index is 5.60. The van der Waals surface area contributed by atoms with Crippen LogP contribution in [0.15, 0.2) is 10.7 Å². The summed E-state index contributed by atoms with van der Waals surface area (Å²) < 4.78 is 10.7. The van der Waals surface area contributed by atoms with Gasteiger partial charge in [0, 0.05) is 32.3 Å². The predicted octanol–water partition coefficient (Wildman–Crippen LogP) is 1.54. The van der Waals surface area contributed by atoms with Crippen molar-refractivity contribution in [2.45, 2.75) is 44.3 Å². The third-order valence-corrected chi connectivity index (χ3v) is 3.46. The van der Waals surface area contributed by atoms with Crippen LogP contribution in [0.2, 0.25) is 0 Å². The van der Waals surface area contributed by atoms with E-state index in [4.69, 9.17) is 9.15 Å². The van der Waals surface area contributed by atoms with Crippen molar-refractivity contribution in [3.8, 4) is 0 Å². The van der Waals surface area contributed by atoms with Gasteiger partial charge in [0.25, 0.3) is 6.01 Å². The normalized spacial score (nSPS) is 19.2. The van der Waals surface area contributed by atoms with Crippen LogP contribution in [0, 0.1) is 0 Å². The number of ether oxygens (including phenoxy) is 1. The van der Waals surface area contributed by atoms with Gasteiger partial charge in [-0.3, -0.25) is 0 Å². The highest BCUT2D eigenvalue weighted by Gasteiger charge is 2.31. The van der Waals surface area contributed by atoms with Gasteiger partial charge >= 0.3 is 0 Å². The quantitative estimate of drug-likeness (QED) is 0.759. The first-order chi connectivity index (χ1) is 8.86. The molecule has 2 aliphatic rings. The molecule has 2 saturated carbocycles. The second-order valence-corrected chi connectivity index (χ2v) is 5.19. The van der Waals surface area contributed by atoms with Crippen LogP contribution in [0.5, 0.6) is 0 Å². The molecule has 5 heteroatoms. The standard InChI is InChI=1S/C13H21N3O2/c1-17-7-6-16(12-4-5-12)13-15-11(9-18-13)8-14-10-2-3-10/h9-10,12,14H,2-8H2,1H3. The zero-order chi connectivity index (χ0) is 12.4. The molecular weight excluding hydrogens is 230 g/mol. The van der Waals surface area contributed by atoms with E-state index in [0.717, 1.165) is 24.8 Å². The molecule has 0 aliphatic heterocycles. The first-order valence-electron chi connectivity index (χ1n) is 6.80. The van der Waals surface area contributed by atoms with Crippen molar-refractivity contribution in [1.29, 1.82) is 0 Å². The molecule has 5 nitrogen and oxygen atoms in total. The SMILES string of the molecule is COCCN(c1nc(CNC2CC2)co1)C1CC1. The summed E-state index contributed by atoms with van der Waals surface area (Å²) in [5.41, 5.74) is 1.000. The van der Waals surface area contributed by atoms with Crippen molar-refractivity contribution in [1.82, 2.24) is 10.3 Å². The summed E-state index contributed by atoms with van der Waals surface area (Å²) in [6.07, 6.45) is 6.84. The molecule has 3 rings (SSSR count). The van der Waals surface area contributed by atoms with Crippen LogP contribution in [0.25, 0.3) is 0 Å². The van der Waals surface area contributed by atoms with Crippen molar-refractivity contribution in [3.63, 3.8) is 0 Å². The number of anilines is 1. The molecule has 18 heavy (non-hydrogen) atoms. The average molecular weight is 251 g/mol. The van der Waals surface area contributed by atoms with E-state index in [1.165, 1.54) is 25.7 Å². The fourth-order valence-corrected chi connectivity index (χ4v) is 2.06. The molecule has 2 aliphatic carbocycles. The largest absolute Gasteiger partial charge is 0.432 e. The Balaban J connectivity index is 1.57. The summed E-state index contributed by atoms with van der Waals surface area (Å²) in [6.45, 7) is 2.39. The highest BCUT2D eigenvalue weighted by Crippen LogP contribution is 2.31. The van der Waals surface area contributed by atoms with Gasteiger partial charge in [0.05, 0.1) is 12.3 Å². The fraction of sp³-hybridized carbons (Fsp3) is 0.769. The molecule has 0 bridgehead atoms. The van der Waals surface area contributed by atoms with Gasteiger partial charge in [0.15, 0.2) is 0 Å². The van der Waals surface area contributed by atoms with Crippen LogP contribution in [0.3, 0.4) is 0 Å². The minimum Gasteiger partial charge on any atom is -0.432 e. The lowest BCUT2D eigenvalue weighted by Crippen LogP contribution is -2.29. The van der Waals surface area contributed by atoms with Crippen molar-refractivity contribution in [2.75, 3.05) is 25.2 Å². The van der Waals surface area contributed by atoms with Crippen molar-refractivity contribution >= 4 is 6.01 Å². The fourth-order valence-electron chi connectivity index (χ4n) is 2.06. The molecule has 0 spiro atoms. The number of hydrogen-bond acceptors (Lipinski definition) is 5. The van der Waals surface area contributed by atoms with Gasteiger partial charge in [-0.15, -0.1) is 0 Å². The van der Waals surface area contributed by atoms with Gasteiger partial charge in [-0.25, -0.2) is 0 Å². The first kappa shape index (κ1) is 12.0. The van der Waals surface area contributed by atoms with E-state index in [2.05, 4.69) is 15.2 Å². The lowest BCUT2D eigenvalue weighted by Gasteiger charge is -2.19. The molecule has 1 heterocycles. The summed E-state index contributed by atoms with van der Waals surface area (Å²) in [5, 5.41) is 3.45. The highest BCUT2D eigenvalue weighted by atomic mass is 16.5. The van der Waals surface area contributed by atoms with E-state index in [9.17, 15) is 0 Å². The van der Waals surface area contributed by atoms with E-state index in [1.54, 1.807) is 13.4 Å². The predicted molar refractivity (Wildman–Crippen MR) is 68.6 cm³/mol. The monoisotopic (exact) mass is 251 g/mol. The third-order valence-electron chi connectivity index (χ3n) is 3.46. The minimum absolute atomic E-state index is 0.600. The molecule has 0 aromatic carbocycles.